The Hall–Kier alpha value is -0.710. The number of hydrogen-bond acceptors (Lipinski definition) is 3. The molecule has 122 valence electrons. The molecule has 3 nitrogen and oxygen atoms in total. The van der Waals surface area contributed by atoms with E-state index in [0.29, 0.717) is 5.91 Å². The number of carbonyl (C=O) groups excluding carboxylic acids is 1. The molecule has 2 N–H and O–H groups in total. The number of nitrogens with zero attached hydrogens (tertiary/aromatic N) is 1. The minimum atomic E-state index is 0. The molecule has 0 spiro atoms. The first-order valence-corrected chi connectivity index (χ1v) is 9.01. The van der Waals surface area contributed by atoms with Crippen molar-refractivity contribution in [1.29, 1.82) is 0 Å². The topological polar surface area (TPSA) is 46.3 Å². The summed E-state index contributed by atoms with van der Waals surface area (Å²) >= 11 is 1.95. The first kappa shape index (κ1) is 17.6. The van der Waals surface area contributed by atoms with E-state index in [1.807, 2.05) is 11.8 Å². The van der Waals surface area contributed by atoms with E-state index in [2.05, 4.69) is 36.1 Å². The number of aryl methyl sites for hydroxylation is 1. The van der Waals surface area contributed by atoms with Crippen LogP contribution >= 0.6 is 24.2 Å². The van der Waals surface area contributed by atoms with Gasteiger partial charge in [-0.2, -0.15) is 11.8 Å². The van der Waals surface area contributed by atoms with Gasteiger partial charge in [0.1, 0.15) is 0 Å². The fourth-order valence-electron chi connectivity index (χ4n) is 3.41. The third kappa shape index (κ3) is 3.79. The number of benzene rings is 1. The highest BCUT2D eigenvalue weighted by atomic mass is 35.5. The average molecular weight is 341 g/mol. The smallest absolute Gasteiger partial charge is 0.226 e. The molecular weight excluding hydrogens is 316 g/mol. The van der Waals surface area contributed by atoms with Crippen molar-refractivity contribution in [3.63, 3.8) is 0 Å². The largest absolute Gasteiger partial charge is 0.334 e. The Kier molecular flexibility index (Phi) is 6.18. The zero-order valence-corrected chi connectivity index (χ0v) is 14.7. The van der Waals surface area contributed by atoms with Gasteiger partial charge in [0, 0.05) is 30.0 Å². The number of carbonyl (C=O) groups is 1. The van der Waals surface area contributed by atoms with Gasteiger partial charge < -0.3 is 10.6 Å². The van der Waals surface area contributed by atoms with Crippen LogP contribution in [0.5, 0.6) is 0 Å². The summed E-state index contributed by atoms with van der Waals surface area (Å²) in [4.78, 5) is 15.0. The molecule has 5 heteroatoms. The number of nitrogens with two attached hydrogens (primary N) is 1. The standard InChI is InChI=1S/C17H24N2OS.ClH/c1-12-2-4-13(5-3-12)16-11-21-9-8-19(16)17(20)14-6-7-15(18)10-14;/h2-5,14-16H,6-11,18H2,1H3;1H. The van der Waals surface area contributed by atoms with Crippen LogP contribution in [-0.2, 0) is 4.79 Å². The van der Waals surface area contributed by atoms with Crippen LogP contribution in [0.15, 0.2) is 24.3 Å². The van der Waals surface area contributed by atoms with Gasteiger partial charge in [-0.1, -0.05) is 29.8 Å². The Morgan fingerprint density at radius 1 is 1.27 bits per heavy atom. The number of thioether (sulfide) groups is 1. The molecule has 1 aliphatic carbocycles. The summed E-state index contributed by atoms with van der Waals surface area (Å²) in [5, 5.41) is 0. The van der Waals surface area contributed by atoms with Gasteiger partial charge in [-0.15, -0.1) is 12.4 Å². The zero-order valence-electron chi connectivity index (χ0n) is 13.0. The fourth-order valence-corrected chi connectivity index (χ4v) is 4.50. The molecule has 1 aromatic carbocycles. The molecule has 1 aromatic rings. The highest BCUT2D eigenvalue weighted by Gasteiger charge is 2.35. The second kappa shape index (κ2) is 7.71. The minimum absolute atomic E-state index is 0. The molecule has 2 aliphatic rings. The monoisotopic (exact) mass is 340 g/mol. The van der Waals surface area contributed by atoms with Crippen LogP contribution in [0, 0.1) is 12.8 Å². The van der Waals surface area contributed by atoms with Gasteiger partial charge in [-0.3, -0.25) is 4.79 Å². The van der Waals surface area contributed by atoms with Crippen molar-refractivity contribution in [3.8, 4) is 0 Å². The van der Waals surface area contributed by atoms with Crippen LogP contribution < -0.4 is 5.73 Å². The van der Waals surface area contributed by atoms with Gasteiger partial charge in [0.15, 0.2) is 0 Å². The lowest BCUT2D eigenvalue weighted by Gasteiger charge is -2.37. The molecule has 0 radical (unpaired) electrons. The summed E-state index contributed by atoms with van der Waals surface area (Å²) in [5.41, 5.74) is 8.51. The predicted octanol–water partition coefficient (Wildman–Crippen LogP) is 3.16. The first-order chi connectivity index (χ1) is 10.1. The Labute approximate surface area is 143 Å². The molecule has 1 aliphatic heterocycles. The lowest BCUT2D eigenvalue weighted by atomic mass is 10.0. The summed E-state index contributed by atoms with van der Waals surface area (Å²) < 4.78 is 0. The van der Waals surface area contributed by atoms with Gasteiger partial charge >= 0.3 is 0 Å². The Morgan fingerprint density at radius 3 is 2.64 bits per heavy atom. The Morgan fingerprint density at radius 2 is 2.00 bits per heavy atom. The first-order valence-electron chi connectivity index (χ1n) is 7.85. The number of hydrogen-bond donors (Lipinski definition) is 1. The van der Waals surface area contributed by atoms with E-state index in [4.69, 9.17) is 5.73 Å². The molecular formula is C17H25ClN2OS. The van der Waals surface area contributed by atoms with Crippen LogP contribution in [0.4, 0.5) is 0 Å². The van der Waals surface area contributed by atoms with Gasteiger partial charge in [0.05, 0.1) is 6.04 Å². The summed E-state index contributed by atoms with van der Waals surface area (Å²) in [6.07, 6.45) is 2.82. The second-order valence-corrected chi connectivity index (χ2v) is 7.45. The molecule has 1 heterocycles. The predicted molar refractivity (Wildman–Crippen MR) is 95.5 cm³/mol. The number of rotatable bonds is 2. The van der Waals surface area contributed by atoms with Crippen LogP contribution in [0.1, 0.15) is 36.4 Å². The van der Waals surface area contributed by atoms with E-state index < -0.39 is 0 Å². The molecule has 0 bridgehead atoms. The van der Waals surface area contributed by atoms with Crippen molar-refractivity contribution in [1.82, 2.24) is 4.90 Å². The minimum Gasteiger partial charge on any atom is -0.334 e. The molecule has 0 aromatic heterocycles. The van der Waals surface area contributed by atoms with Crippen molar-refractivity contribution in [3.05, 3.63) is 35.4 Å². The van der Waals surface area contributed by atoms with Gasteiger partial charge in [-0.25, -0.2) is 0 Å². The van der Waals surface area contributed by atoms with Crippen molar-refractivity contribution in [2.24, 2.45) is 11.7 Å². The summed E-state index contributed by atoms with van der Waals surface area (Å²) in [5.74, 6) is 2.53. The maximum atomic E-state index is 12.9. The van der Waals surface area contributed by atoms with Crippen LogP contribution in [-0.4, -0.2) is 34.9 Å². The van der Waals surface area contributed by atoms with Crippen molar-refractivity contribution < 1.29 is 4.79 Å². The third-order valence-corrected chi connectivity index (χ3v) is 5.72. The summed E-state index contributed by atoms with van der Waals surface area (Å²) in [7, 11) is 0. The highest BCUT2D eigenvalue weighted by Crippen LogP contribution is 2.34. The van der Waals surface area contributed by atoms with Crippen LogP contribution in [0.3, 0.4) is 0 Å². The quantitative estimate of drug-likeness (QED) is 0.899. The SMILES string of the molecule is Cc1ccc(C2CSCCN2C(=O)C2CCC(N)C2)cc1.Cl. The third-order valence-electron chi connectivity index (χ3n) is 4.70. The van der Waals surface area contributed by atoms with Crippen molar-refractivity contribution in [2.45, 2.75) is 38.3 Å². The average Bonchev–Trinajstić information content (AvgIpc) is 2.94. The van der Waals surface area contributed by atoms with Crippen molar-refractivity contribution >= 4 is 30.1 Å². The molecule has 2 fully saturated rings. The lowest BCUT2D eigenvalue weighted by Crippen LogP contribution is -2.43. The van der Waals surface area contributed by atoms with E-state index in [0.717, 1.165) is 37.3 Å². The van der Waals surface area contributed by atoms with E-state index in [1.165, 1.54) is 11.1 Å². The molecule has 1 amide bonds. The van der Waals surface area contributed by atoms with E-state index >= 15 is 0 Å². The molecule has 22 heavy (non-hydrogen) atoms. The van der Waals surface area contributed by atoms with Crippen LogP contribution in [0.25, 0.3) is 0 Å². The van der Waals surface area contributed by atoms with Gasteiger partial charge in [0.25, 0.3) is 0 Å². The van der Waals surface area contributed by atoms with Gasteiger partial charge in [-0.05, 0) is 31.7 Å². The lowest BCUT2D eigenvalue weighted by molar-refractivity contribution is -0.137. The zero-order chi connectivity index (χ0) is 14.8. The molecule has 3 atom stereocenters. The molecule has 3 rings (SSSR count). The van der Waals surface area contributed by atoms with Crippen molar-refractivity contribution in [2.75, 3.05) is 18.1 Å². The Bertz CT molecular complexity index is 508. The molecule has 1 saturated carbocycles. The number of amides is 1. The van der Waals surface area contributed by atoms with Crippen LogP contribution in [0.2, 0.25) is 0 Å². The fraction of sp³-hybridized carbons (Fsp3) is 0.588. The number of halogens is 1. The molecule has 1 saturated heterocycles. The maximum absolute atomic E-state index is 12.9. The van der Waals surface area contributed by atoms with E-state index in [1.54, 1.807) is 0 Å². The maximum Gasteiger partial charge on any atom is 0.226 e. The van der Waals surface area contributed by atoms with Gasteiger partial charge in [0.2, 0.25) is 5.91 Å². The van der Waals surface area contributed by atoms with E-state index in [-0.39, 0.29) is 30.4 Å². The summed E-state index contributed by atoms with van der Waals surface area (Å²) in [6, 6.07) is 9.08. The second-order valence-electron chi connectivity index (χ2n) is 6.30. The highest BCUT2D eigenvalue weighted by molar-refractivity contribution is 7.99. The normalized spacial score (nSPS) is 28.3. The Balaban J connectivity index is 0.00000176. The summed E-state index contributed by atoms with van der Waals surface area (Å²) in [6.45, 7) is 2.97. The molecule has 3 unspecified atom stereocenters. The van der Waals surface area contributed by atoms with E-state index in [9.17, 15) is 4.79 Å².